The molecule has 28 heavy (non-hydrogen) atoms. The highest BCUT2D eigenvalue weighted by atomic mass is 19.4. The number of aromatic nitrogens is 4. The molecule has 7 nitrogen and oxygen atoms in total. The molecule has 1 amide bonds. The summed E-state index contributed by atoms with van der Waals surface area (Å²) in [4.78, 5) is 33.9. The van der Waals surface area contributed by atoms with Gasteiger partial charge in [-0.2, -0.15) is 13.2 Å². The Hall–Kier alpha value is -3.50. The van der Waals surface area contributed by atoms with Gasteiger partial charge in [-0.1, -0.05) is 0 Å². The first-order chi connectivity index (χ1) is 13.1. The van der Waals surface area contributed by atoms with Crippen LogP contribution in [0, 0.1) is 5.82 Å². The van der Waals surface area contributed by atoms with E-state index in [9.17, 15) is 27.2 Å². The second-order valence-electron chi connectivity index (χ2n) is 5.87. The second-order valence-corrected chi connectivity index (χ2v) is 5.87. The van der Waals surface area contributed by atoms with Crippen LogP contribution in [0.1, 0.15) is 12.0 Å². The van der Waals surface area contributed by atoms with E-state index >= 15 is 0 Å². The average molecular weight is 395 g/mol. The first-order valence-corrected chi connectivity index (χ1v) is 7.93. The topological polar surface area (TPSA) is 107 Å². The van der Waals surface area contributed by atoms with Gasteiger partial charge in [-0.3, -0.25) is 9.59 Å². The first-order valence-electron chi connectivity index (χ1n) is 7.93. The molecule has 0 aliphatic rings. The zero-order chi connectivity index (χ0) is 20.5. The lowest BCUT2D eigenvalue weighted by Gasteiger charge is -2.10. The Balaban J connectivity index is 2.04. The number of carbonyl (C=O) groups excluding carboxylic acids is 1. The molecule has 0 radical (unpaired) electrons. The number of aromatic amines is 1. The number of fused-ring (bicyclic) bond motifs is 1. The lowest BCUT2D eigenvalue weighted by molar-refractivity contribution is -0.136. The Labute approximate surface area is 154 Å². The van der Waals surface area contributed by atoms with E-state index in [0.29, 0.717) is 21.3 Å². The molecule has 146 valence electrons. The number of rotatable bonds is 5. The Kier molecular flexibility index (Phi) is 4.99. The third-order valence-corrected chi connectivity index (χ3v) is 3.81. The molecule has 0 bridgehead atoms. The molecular formula is C17H13F4N5O2. The van der Waals surface area contributed by atoms with Crippen LogP contribution in [0.5, 0.6) is 0 Å². The normalized spacial score (nSPS) is 12.1. The lowest BCUT2D eigenvalue weighted by Crippen LogP contribution is -2.25. The van der Waals surface area contributed by atoms with Gasteiger partial charge in [0.1, 0.15) is 5.52 Å². The van der Waals surface area contributed by atoms with Gasteiger partial charge >= 0.3 is 6.18 Å². The number of carbonyl (C=O) groups is 1. The van der Waals surface area contributed by atoms with Gasteiger partial charge in [0, 0.05) is 36.1 Å². The predicted octanol–water partition coefficient (Wildman–Crippen LogP) is 2.38. The van der Waals surface area contributed by atoms with Crippen molar-refractivity contribution in [3.05, 3.63) is 52.5 Å². The molecule has 0 aliphatic heterocycles. The summed E-state index contributed by atoms with van der Waals surface area (Å²) in [6.07, 6.45) is 0.668. The standard InChI is InChI=1S/C17H13F4N5O2/c18-11-5-10(8-26(16(11)28)4-3-17(19,20)21)12-7-24-15-14(25-12)9(6-23-15)1-2-13(22)27/h1-2,5-8H,3-4H2,(H2,22,27)(H,23,24)/b2-1+. The van der Waals surface area contributed by atoms with E-state index in [4.69, 9.17) is 5.73 Å². The predicted molar refractivity (Wildman–Crippen MR) is 92.4 cm³/mol. The molecule has 3 heterocycles. The summed E-state index contributed by atoms with van der Waals surface area (Å²) in [7, 11) is 0. The average Bonchev–Trinajstić information content (AvgIpc) is 3.02. The maximum atomic E-state index is 14.0. The van der Waals surface area contributed by atoms with E-state index < -0.39 is 36.4 Å². The zero-order valence-electron chi connectivity index (χ0n) is 14.1. The number of nitrogens with zero attached hydrogens (tertiary/aromatic N) is 3. The van der Waals surface area contributed by atoms with Crippen LogP contribution in [0.15, 0.2) is 35.5 Å². The van der Waals surface area contributed by atoms with Gasteiger partial charge in [-0.25, -0.2) is 14.4 Å². The van der Waals surface area contributed by atoms with Crippen molar-refractivity contribution in [1.29, 1.82) is 0 Å². The van der Waals surface area contributed by atoms with Gasteiger partial charge in [0.15, 0.2) is 11.5 Å². The highest BCUT2D eigenvalue weighted by Crippen LogP contribution is 2.23. The molecule has 0 unspecified atom stereocenters. The summed E-state index contributed by atoms with van der Waals surface area (Å²) in [5.41, 5.74) is 5.31. The van der Waals surface area contributed by atoms with Crippen LogP contribution in [-0.2, 0) is 11.3 Å². The first kappa shape index (κ1) is 19.3. The molecule has 3 N–H and O–H groups in total. The molecule has 0 aromatic carbocycles. The number of nitrogens with one attached hydrogen (secondary N) is 1. The molecule has 0 saturated carbocycles. The number of hydrogen-bond donors (Lipinski definition) is 2. The summed E-state index contributed by atoms with van der Waals surface area (Å²) in [6, 6.07) is 0.883. The van der Waals surface area contributed by atoms with E-state index in [1.54, 1.807) is 0 Å². The quantitative estimate of drug-likeness (QED) is 0.511. The molecule has 0 aliphatic carbocycles. The van der Waals surface area contributed by atoms with Crippen molar-refractivity contribution in [3.63, 3.8) is 0 Å². The number of primary amides is 1. The maximum absolute atomic E-state index is 14.0. The fourth-order valence-corrected chi connectivity index (χ4v) is 2.50. The SMILES string of the molecule is NC(=O)/C=C/c1c[nH]c2ncc(-c3cc(F)c(=O)n(CCC(F)(F)F)c3)nc12. The van der Waals surface area contributed by atoms with Crippen molar-refractivity contribution >= 4 is 23.1 Å². The van der Waals surface area contributed by atoms with Crippen LogP contribution in [0.3, 0.4) is 0 Å². The molecular weight excluding hydrogens is 382 g/mol. The highest BCUT2D eigenvalue weighted by Gasteiger charge is 2.27. The molecule has 0 atom stereocenters. The monoisotopic (exact) mass is 395 g/mol. The number of halogens is 4. The smallest absolute Gasteiger partial charge is 0.366 e. The maximum Gasteiger partial charge on any atom is 0.390 e. The van der Waals surface area contributed by atoms with Crippen LogP contribution in [-0.4, -0.2) is 31.6 Å². The molecule has 3 aromatic heterocycles. The van der Waals surface area contributed by atoms with Crippen molar-refractivity contribution < 1.29 is 22.4 Å². The fraction of sp³-hybridized carbons (Fsp3) is 0.176. The van der Waals surface area contributed by atoms with Crippen molar-refractivity contribution in [2.24, 2.45) is 5.73 Å². The minimum atomic E-state index is -4.49. The van der Waals surface area contributed by atoms with E-state index in [0.717, 1.165) is 18.3 Å². The van der Waals surface area contributed by atoms with Gasteiger partial charge in [0.25, 0.3) is 5.56 Å². The van der Waals surface area contributed by atoms with Crippen LogP contribution in [0.25, 0.3) is 28.5 Å². The molecule has 3 aromatic rings. The number of amides is 1. The van der Waals surface area contributed by atoms with E-state index in [-0.39, 0.29) is 11.3 Å². The molecule has 3 rings (SSSR count). The van der Waals surface area contributed by atoms with E-state index in [1.807, 2.05) is 0 Å². The van der Waals surface area contributed by atoms with E-state index in [1.165, 1.54) is 18.5 Å². The second kappa shape index (κ2) is 7.25. The Bertz CT molecular complexity index is 1130. The molecule has 11 heteroatoms. The summed E-state index contributed by atoms with van der Waals surface area (Å²) >= 11 is 0. The Morgan fingerprint density at radius 3 is 2.79 bits per heavy atom. The Morgan fingerprint density at radius 1 is 1.36 bits per heavy atom. The fourth-order valence-electron chi connectivity index (χ4n) is 2.50. The zero-order valence-corrected chi connectivity index (χ0v) is 14.1. The van der Waals surface area contributed by atoms with Crippen molar-refractivity contribution in [1.82, 2.24) is 19.5 Å². The molecule has 0 spiro atoms. The van der Waals surface area contributed by atoms with Crippen molar-refractivity contribution in [2.45, 2.75) is 19.1 Å². The van der Waals surface area contributed by atoms with Crippen molar-refractivity contribution in [3.8, 4) is 11.3 Å². The minimum absolute atomic E-state index is 0.0831. The lowest BCUT2D eigenvalue weighted by atomic mass is 10.2. The van der Waals surface area contributed by atoms with Gasteiger partial charge in [0.2, 0.25) is 5.91 Å². The summed E-state index contributed by atoms with van der Waals surface area (Å²) in [5.74, 6) is -1.87. The van der Waals surface area contributed by atoms with E-state index in [2.05, 4.69) is 15.0 Å². The minimum Gasteiger partial charge on any atom is -0.366 e. The summed E-state index contributed by atoms with van der Waals surface area (Å²) < 4.78 is 51.9. The van der Waals surface area contributed by atoms with Crippen LogP contribution in [0.2, 0.25) is 0 Å². The number of aryl methyl sites for hydroxylation is 1. The van der Waals surface area contributed by atoms with Crippen LogP contribution >= 0.6 is 0 Å². The highest BCUT2D eigenvalue weighted by molar-refractivity contribution is 5.93. The van der Waals surface area contributed by atoms with Gasteiger partial charge in [-0.05, 0) is 12.1 Å². The van der Waals surface area contributed by atoms with Crippen LogP contribution < -0.4 is 11.3 Å². The van der Waals surface area contributed by atoms with Gasteiger partial charge in [-0.15, -0.1) is 0 Å². The number of hydrogen-bond acceptors (Lipinski definition) is 4. The van der Waals surface area contributed by atoms with Gasteiger partial charge < -0.3 is 15.3 Å². The largest absolute Gasteiger partial charge is 0.390 e. The Morgan fingerprint density at radius 2 is 2.11 bits per heavy atom. The number of H-pyrrole nitrogens is 1. The summed E-state index contributed by atoms with van der Waals surface area (Å²) in [5, 5.41) is 0. The van der Waals surface area contributed by atoms with Gasteiger partial charge in [0.05, 0.1) is 18.3 Å². The number of alkyl halides is 3. The molecule has 0 fully saturated rings. The molecule has 0 saturated heterocycles. The third-order valence-electron chi connectivity index (χ3n) is 3.81. The van der Waals surface area contributed by atoms with Crippen molar-refractivity contribution in [2.75, 3.05) is 0 Å². The van der Waals surface area contributed by atoms with Crippen LogP contribution in [0.4, 0.5) is 17.6 Å². The number of nitrogens with two attached hydrogens (primary N) is 1. The number of pyridine rings is 1. The third kappa shape index (κ3) is 4.24. The summed E-state index contributed by atoms with van der Waals surface area (Å²) in [6.45, 7) is -0.723.